The monoisotopic (exact) mass is 236 g/mol. The number of hydrogen-bond donors (Lipinski definition) is 0. The Hall–Kier alpha value is -1.02. The molecule has 0 saturated carbocycles. The third kappa shape index (κ3) is 1.83. The Morgan fingerprint density at radius 3 is 2.92 bits per heavy atom. The van der Waals surface area contributed by atoms with Crippen molar-refractivity contribution in [1.82, 2.24) is 0 Å². The fourth-order valence-electron chi connectivity index (χ4n) is 1.30. The minimum absolute atomic E-state index is 0.833. The minimum atomic E-state index is 0.833. The maximum Gasteiger partial charge on any atom is 0.134 e. The maximum absolute atomic E-state index is 5.60. The molecule has 2 aromatic rings. The highest BCUT2D eigenvalue weighted by Crippen LogP contribution is 2.19. The summed E-state index contributed by atoms with van der Waals surface area (Å²) in [7, 11) is 0. The summed E-state index contributed by atoms with van der Waals surface area (Å²) >= 11 is 3.23. The van der Waals surface area contributed by atoms with Crippen LogP contribution < -0.4 is 0 Å². The molecular weight excluding hydrogens is 228 g/mol. The summed E-state index contributed by atoms with van der Waals surface area (Å²) in [6.45, 7) is 0. The lowest BCUT2D eigenvalue weighted by Crippen LogP contribution is -1.71. The zero-order chi connectivity index (χ0) is 9.10. The van der Waals surface area contributed by atoms with Gasteiger partial charge in [0.05, 0.1) is 0 Å². The molecule has 0 aliphatic carbocycles. The van der Waals surface area contributed by atoms with Gasteiger partial charge in [-0.2, -0.15) is 0 Å². The van der Waals surface area contributed by atoms with Crippen LogP contribution in [0, 0.1) is 0 Å². The molecule has 0 aliphatic heterocycles. The molecule has 0 aliphatic rings. The summed E-state index contributed by atoms with van der Waals surface area (Å²) in [5, 5.41) is 1.17. The molecule has 1 nitrogen and oxygen atoms in total. The maximum atomic E-state index is 5.60. The lowest BCUT2D eigenvalue weighted by atomic mass is 10.2. The predicted octanol–water partition coefficient (Wildman–Crippen LogP) is 3.88. The van der Waals surface area contributed by atoms with Gasteiger partial charge in [-0.15, -0.1) is 0 Å². The van der Waals surface area contributed by atoms with E-state index >= 15 is 0 Å². The highest BCUT2D eigenvalue weighted by Gasteiger charge is 1.99. The van der Waals surface area contributed by atoms with Crippen LogP contribution in [-0.2, 0) is 6.42 Å². The molecule has 1 aromatic carbocycles. The van der Waals surface area contributed by atoms with Crippen molar-refractivity contribution < 1.29 is 4.42 Å². The van der Waals surface area contributed by atoms with Crippen molar-refractivity contribution in [3.05, 3.63) is 47.2 Å². The molecule has 0 saturated heterocycles. The van der Waals surface area contributed by atoms with E-state index in [4.69, 9.17) is 4.42 Å². The van der Waals surface area contributed by atoms with Gasteiger partial charge >= 0.3 is 0 Å². The van der Waals surface area contributed by atoms with E-state index in [0.717, 1.165) is 17.8 Å². The van der Waals surface area contributed by atoms with Crippen molar-refractivity contribution in [3.8, 4) is 0 Å². The van der Waals surface area contributed by atoms with Crippen molar-refractivity contribution in [2.24, 2.45) is 0 Å². The molecular formula is C11H9BrO. The van der Waals surface area contributed by atoms with Gasteiger partial charge in [-0.1, -0.05) is 40.2 Å². The van der Waals surface area contributed by atoms with E-state index in [1.807, 2.05) is 29.3 Å². The standard InChI is InChI=1S/C11H9BrO/c12-7-3-5-10-8-9-4-1-2-6-11(9)13-10/h1-4,6-8H,5H2. The molecule has 66 valence electrons. The first-order chi connectivity index (χ1) is 6.40. The molecule has 0 unspecified atom stereocenters. The first kappa shape index (κ1) is 8.57. The summed E-state index contributed by atoms with van der Waals surface area (Å²) in [6, 6.07) is 10.1. The first-order valence-corrected chi connectivity index (χ1v) is 5.04. The number of furan rings is 1. The molecule has 2 rings (SSSR count). The van der Waals surface area contributed by atoms with Crippen LogP contribution in [0.15, 0.2) is 45.8 Å². The van der Waals surface area contributed by atoms with Crippen molar-refractivity contribution in [2.75, 3.05) is 0 Å². The van der Waals surface area contributed by atoms with Crippen LogP contribution in [-0.4, -0.2) is 0 Å². The Morgan fingerprint density at radius 1 is 1.31 bits per heavy atom. The van der Waals surface area contributed by atoms with Crippen LogP contribution in [0.2, 0.25) is 0 Å². The molecule has 13 heavy (non-hydrogen) atoms. The molecule has 0 atom stereocenters. The number of hydrogen-bond acceptors (Lipinski definition) is 1. The van der Waals surface area contributed by atoms with Crippen molar-refractivity contribution in [2.45, 2.75) is 6.42 Å². The average molecular weight is 237 g/mol. The molecule has 0 radical (unpaired) electrons. The highest BCUT2D eigenvalue weighted by atomic mass is 79.9. The second kappa shape index (κ2) is 3.79. The number of halogens is 1. The quantitative estimate of drug-likeness (QED) is 0.772. The van der Waals surface area contributed by atoms with Gasteiger partial charge in [-0.25, -0.2) is 0 Å². The Kier molecular flexibility index (Phi) is 2.50. The van der Waals surface area contributed by atoms with Gasteiger partial charge in [-0.05, 0) is 17.1 Å². The third-order valence-electron chi connectivity index (χ3n) is 1.88. The van der Waals surface area contributed by atoms with Crippen LogP contribution in [0.1, 0.15) is 5.76 Å². The second-order valence-corrected chi connectivity index (χ2v) is 3.35. The van der Waals surface area contributed by atoms with E-state index in [9.17, 15) is 0 Å². The van der Waals surface area contributed by atoms with E-state index in [1.54, 1.807) is 0 Å². The number of para-hydroxylation sites is 1. The normalized spacial score (nSPS) is 11.5. The SMILES string of the molecule is BrC=CCc1cc2ccccc2o1. The lowest BCUT2D eigenvalue weighted by molar-refractivity contribution is 0.565. The summed E-state index contributed by atoms with van der Waals surface area (Å²) in [6.07, 6.45) is 2.84. The topological polar surface area (TPSA) is 13.1 Å². The first-order valence-electron chi connectivity index (χ1n) is 4.13. The van der Waals surface area contributed by atoms with E-state index < -0.39 is 0 Å². The zero-order valence-electron chi connectivity index (χ0n) is 7.03. The summed E-state index contributed by atoms with van der Waals surface area (Å²) in [4.78, 5) is 1.85. The molecule has 0 N–H and O–H groups in total. The summed E-state index contributed by atoms with van der Waals surface area (Å²) < 4.78 is 5.60. The minimum Gasteiger partial charge on any atom is -0.461 e. The predicted molar refractivity (Wildman–Crippen MR) is 58.0 cm³/mol. The average Bonchev–Trinajstić information content (AvgIpc) is 2.57. The van der Waals surface area contributed by atoms with Crippen molar-refractivity contribution in [1.29, 1.82) is 0 Å². The van der Waals surface area contributed by atoms with Gasteiger partial charge in [0.15, 0.2) is 0 Å². The smallest absolute Gasteiger partial charge is 0.134 e. The molecule has 0 spiro atoms. The van der Waals surface area contributed by atoms with Gasteiger partial charge in [0.2, 0.25) is 0 Å². The van der Waals surface area contributed by atoms with Crippen LogP contribution in [0.3, 0.4) is 0 Å². The molecule has 2 heteroatoms. The number of rotatable bonds is 2. The molecule has 1 heterocycles. The Bertz CT molecular complexity index is 395. The van der Waals surface area contributed by atoms with E-state index in [2.05, 4.69) is 28.1 Å². The van der Waals surface area contributed by atoms with Crippen molar-refractivity contribution >= 4 is 26.9 Å². The van der Waals surface area contributed by atoms with Crippen LogP contribution in [0.5, 0.6) is 0 Å². The zero-order valence-corrected chi connectivity index (χ0v) is 8.62. The van der Waals surface area contributed by atoms with Gasteiger partial charge in [-0.3, -0.25) is 0 Å². The molecule has 1 aromatic heterocycles. The Morgan fingerprint density at radius 2 is 2.15 bits per heavy atom. The number of benzene rings is 1. The summed E-state index contributed by atoms with van der Waals surface area (Å²) in [5.74, 6) is 0.997. The fourth-order valence-corrected chi connectivity index (χ4v) is 1.49. The van der Waals surface area contributed by atoms with Gasteiger partial charge in [0.1, 0.15) is 11.3 Å². The molecule has 0 fully saturated rings. The Balaban J connectivity index is 2.38. The molecule has 0 bridgehead atoms. The van der Waals surface area contributed by atoms with Crippen LogP contribution in [0.25, 0.3) is 11.0 Å². The Labute approximate surface area is 85.2 Å². The fraction of sp³-hybridized carbons (Fsp3) is 0.0909. The van der Waals surface area contributed by atoms with Gasteiger partial charge in [0.25, 0.3) is 0 Å². The lowest BCUT2D eigenvalue weighted by Gasteiger charge is -1.85. The summed E-state index contributed by atoms with van der Waals surface area (Å²) in [5.41, 5.74) is 0.959. The molecule has 0 amide bonds. The highest BCUT2D eigenvalue weighted by molar-refractivity contribution is 9.11. The van der Waals surface area contributed by atoms with Crippen LogP contribution >= 0.6 is 15.9 Å². The number of allylic oxidation sites excluding steroid dienone is 1. The third-order valence-corrected chi connectivity index (χ3v) is 2.26. The van der Waals surface area contributed by atoms with Gasteiger partial charge in [0, 0.05) is 11.8 Å². The van der Waals surface area contributed by atoms with Gasteiger partial charge < -0.3 is 4.42 Å². The van der Waals surface area contributed by atoms with E-state index in [1.165, 1.54) is 5.39 Å². The van der Waals surface area contributed by atoms with E-state index in [-0.39, 0.29) is 0 Å². The van der Waals surface area contributed by atoms with Crippen molar-refractivity contribution in [3.63, 3.8) is 0 Å². The van der Waals surface area contributed by atoms with E-state index in [0.29, 0.717) is 0 Å². The second-order valence-electron chi connectivity index (χ2n) is 2.82. The number of fused-ring (bicyclic) bond motifs is 1. The largest absolute Gasteiger partial charge is 0.461 e. The van der Waals surface area contributed by atoms with Crippen LogP contribution in [0.4, 0.5) is 0 Å².